The molecule has 0 amide bonds. The highest BCUT2D eigenvalue weighted by Gasteiger charge is 2.39. The van der Waals surface area contributed by atoms with Gasteiger partial charge in [-0.1, -0.05) is 36.4 Å². The van der Waals surface area contributed by atoms with Crippen LogP contribution < -0.4 is 5.73 Å². The number of rotatable bonds is 7. The highest BCUT2D eigenvalue weighted by atomic mass is 32.2. The molecule has 0 aliphatic carbocycles. The van der Waals surface area contributed by atoms with Crippen LogP contribution >= 0.6 is 0 Å². The minimum Gasteiger partial charge on any atom is -0.465 e. The summed E-state index contributed by atoms with van der Waals surface area (Å²) >= 11 is 0. The molecule has 0 radical (unpaired) electrons. The second-order valence-corrected chi connectivity index (χ2v) is 7.54. The Morgan fingerprint density at radius 3 is 2.63 bits per heavy atom. The summed E-state index contributed by atoms with van der Waals surface area (Å²) in [5.41, 5.74) is 4.77. The van der Waals surface area contributed by atoms with E-state index >= 15 is 0 Å². The molecule has 0 bridgehead atoms. The lowest BCUT2D eigenvalue weighted by molar-refractivity contribution is -0.123. The molecule has 30 heavy (non-hydrogen) atoms. The van der Waals surface area contributed by atoms with Crippen LogP contribution in [-0.4, -0.2) is 33.0 Å². The van der Waals surface area contributed by atoms with Crippen molar-refractivity contribution in [1.82, 2.24) is 0 Å². The quantitative estimate of drug-likeness (QED) is 0.514. The minimum absolute atomic E-state index is 0.0594. The van der Waals surface area contributed by atoms with Crippen molar-refractivity contribution in [2.75, 3.05) is 12.9 Å². The molecule has 0 aromatic heterocycles. The zero-order valence-corrected chi connectivity index (χ0v) is 16.4. The van der Waals surface area contributed by atoms with E-state index in [4.69, 9.17) is 18.8 Å². The number of carbonyl (C=O) groups is 2. The van der Waals surface area contributed by atoms with E-state index in [1.54, 1.807) is 6.07 Å². The zero-order valence-electron chi connectivity index (χ0n) is 18.5. The van der Waals surface area contributed by atoms with Crippen molar-refractivity contribution in [2.24, 2.45) is 5.73 Å². The number of carbonyl (C=O) groups excluding carboxylic acids is 2. The number of methoxy groups -OCH3 is 1. The van der Waals surface area contributed by atoms with Gasteiger partial charge in [-0.3, -0.25) is 4.79 Å². The molecular formula is C20H18FNO7S. The first-order valence-corrected chi connectivity index (χ1v) is 9.98. The molecule has 0 saturated carbocycles. The first-order chi connectivity index (χ1) is 15.3. The summed E-state index contributed by atoms with van der Waals surface area (Å²) in [6.45, 7) is 0. The highest BCUT2D eigenvalue weighted by molar-refractivity contribution is 7.86. The Kier molecular flexibility index (Phi) is 4.97. The molecule has 10 heteroatoms. The normalized spacial score (nSPS) is 20.7. The molecule has 0 saturated heterocycles. The van der Waals surface area contributed by atoms with E-state index in [2.05, 4.69) is 4.74 Å². The van der Waals surface area contributed by atoms with Crippen LogP contribution in [0.25, 0.3) is 0 Å². The lowest BCUT2D eigenvalue weighted by Gasteiger charge is -2.11. The minimum atomic E-state index is -4.73. The topological polar surface area (TPSA) is 122 Å². The van der Waals surface area contributed by atoms with Gasteiger partial charge >= 0.3 is 16.1 Å². The van der Waals surface area contributed by atoms with E-state index in [1.807, 2.05) is 0 Å². The smallest absolute Gasteiger partial charge is 0.340 e. The predicted molar refractivity (Wildman–Crippen MR) is 103 cm³/mol. The lowest BCUT2D eigenvalue weighted by atomic mass is 10.0. The summed E-state index contributed by atoms with van der Waals surface area (Å²) < 4.78 is 77.8. The Morgan fingerprint density at radius 1 is 1.30 bits per heavy atom. The van der Waals surface area contributed by atoms with Gasteiger partial charge in [-0.2, -0.15) is 8.42 Å². The Bertz CT molecular complexity index is 1250. The Balaban J connectivity index is 1.85. The molecule has 2 N–H and O–H groups in total. The van der Waals surface area contributed by atoms with Crippen molar-refractivity contribution >= 4 is 21.9 Å². The molecule has 2 aromatic carbocycles. The number of aryl methyl sites for hydroxylation is 1. The lowest BCUT2D eigenvalue weighted by Crippen LogP contribution is -2.18. The van der Waals surface area contributed by atoms with Gasteiger partial charge in [0.25, 0.3) is 0 Å². The standard InChI is InChI=1S/C20H18FNO7S/c1-27-20(24)14-8-7-13(11-15(14)21)17-16(23)18(19(22)28-17)29-30(25,26)10-9-12-5-3-2-4-6-12/h2-8,11,17H,9-10,22H2,1H3/i9D2,17D. The van der Waals surface area contributed by atoms with Crippen LogP contribution in [0.15, 0.2) is 60.2 Å². The average Bonchev–Trinajstić information content (AvgIpc) is 2.96. The Morgan fingerprint density at radius 2 is 2.00 bits per heavy atom. The fourth-order valence-corrected chi connectivity index (χ4v) is 3.32. The van der Waals surface area contributed by atoms with Crippen LogP contribution in [0.2, 0.25) is 0 Å². The van der Waals surface area contributed by atoms with Crippen LogP contribution in [-0.2, 0) is 34.9 Å². The monoisotopic (exact) mass is 438 g/mol. The average molecular weight is 438 g/mol. The van der Waals surface area contributed by atoms with Crippen molar-refractivity contribution in [2.45, 2.75) is 12.5 Å². The molecular weight excluding hydrogens is 417 g/mol. The SMILES string of the molecule is [2H]C([2H])(CS(=O)(=O)OC1=C(N)OC([2H])(c2ccc(C(=O)OC)c(F)c2)C1=O)c1ccccc1. The zero-order chi connectivity index (χ0) is 24.6. The van der Waals surface area contributed by atoms with Crippen molar-refractivity contribution in [3.05, 3.63) is 82.7 Å². The van der Waals surface area contributed by atoms with E-state index < -0.39 is 68.7 Å². The van der Waals surface area contributed by atoms with Crippen LogP contribution in [0.5, 0.6) is 0 Å². The van der Waals surface area contributed by atoms with Gasteiger partial charge in [-0.05, 0) is 24.1 Å². The number of ketones is 1. The maximum Gasteiger partial charge on any atom is 0.340 e. The maximum absolute atomic E-state index is 14.3. The first kappa shape index (κ1) is 17.5. The van der Waals surface area contributed by atoms with E-state index in [0.717, 1.165) is 19.2 Å². The molecule has 2 aromatic rings. The van der Waals surface area contributed by atoms with Crippen LogP contribution in [0, 0.1) is 5.82 Å². The number of benzene rings is 2. The summed E-state index contributed by atoms with van der Waals surface area (Å²) in [7, 11) is -3.69. The summed E-state index contributed by atoms with van der Waals surface area (Å²) in [5.74, 6) is -6.51. The fourth-order valence-electron chi connectivity index (χ4n) is 2.50. The summed E-state index contributed by atoms with van der Waals surface area (Å²) in [6.07, 6.45) is -5.06. The fraction of sp³-hybridized carbons (Fsp3) is 0.200. The summed E-state index contributed by atoms with van der Waals surface area (Å²) in [6, 6.07) is 10.1. The van der Waals surface area contributed by atoms with E-state index in [1.165, 1.54) is 24.3 Å². The molecule has 3 rings (SSSR count). The van der Waals surface area contributed by atoms with E-state index in [9.17, 15) is 22.4 Å². The van der Waals surface area contributed by atoms with Gasteiger partial charge < -0.3 is 19.4 Å². The van der Waals surface area contributed by atoms with Crippen LogP contribution in [0.4, 0.5) is 4.39 Å². The summed E-state index contributed by atoms with van der Waals surface area (Å²) in [4.78, 5) is 24.3. The number of hydrogen-bond donors (Lipinski definition) is 1. The third kappa shape index (κ3) is 4.60. The summed E-state index contributed by atoms with van der Waals surface area (Å²) in [5, 5.41) is 0. The number of Topliss-reactive ketones (excluding diaryl/α,β-unsaturated/α-hetero) is 1. The number of esters is 1. The van der Waals surface area contributed by atoms with E-state index in [0.29, 0.717) is 6.07 Å². The molecule has 1 aliphatic rings. The van der Waals surface area contributed by atoms with Crippen molar-refractivity contribution in [3.8, 4) is 0 Å². The van der Waals surface area contributed by atoms with Crippen molar-refractivity contribution in [3.63, 3.8) is 0 Å². The second kappa shape index (κ2) is 8.54. The van der Waals surface area contributed by atoms with Gasteiger partial charge in [0, 0.05) is 8.30 Å². The largest absolute Gasteiger partial charge is 0.465 e. The second-order valence-electron chi connectivity index (χ2n) is 5.97. The van der Waals surface area contributed by atoms with Crippen molar-refractivity contribution in [1.29, 1.82) is 0 Å². The third-order valence-electron chi connectivity index (χ3n) is 3.92. The van der Waals surface area contributed by atoms with Gasteiger partial charge in [-0.15, -0.1) is 0 Å². The molecule has 158 valence electrons. The molecule has 8 nitrogen and oxygen atoms in total. The number of halogens is 1. The number of hydrogen-bond acceptors (Lipinski definition) is 8. The first-order valence-electron chi connectivity index (χ1n) is 9.90. The van der Waals surface area contributed by atoms with Crippen LogP contribution in [0.1, 0.15) is 31.7 Å². The van der Waals surface area contributed by atoms with Gasteiger partial charge in [0.1, 0.15) is 5.82 Å². The van der Waals surface area contributed by atoms with Gasteiger partial charge in [0.05, 0.1) is 19.8 Å². The Labute approximate surface area is 176 Å². The van der Waals surface area contributed by atoms with Crippen LogP contribution in [0.3, 0.4) is 0 Å². The predicted octanol–water partition coefficient (Wildman–Crippen LogP) is 1.97. The van der Waals surface area contributed by atoms with Gasteiger partial charge in [-0.25, -0.2) is 9.18 Å². The van der Waals surface area contributed by atoms with E-state index in [-0.39, 0.29) is 5.56 Å². The molecule has 0 spiro atoms. The Hall–Kier alpha value is -3.40. The van der Waals surface area contributed by atoms with Gasteiger partial charge in [0.15, 0.2) is 6.08 Å². The molecule has 1 heterocycles. The third-order valence-corrected chi connectivity index (χ3v) is 4.84. The molecule has 1 atom stereocenters. The number of ether oxygens (including phenoxy) is 2. The molecule has 1 aliphatic heterocycles. The highest BCUT2D eigenvalue weighted by Crippen LogP contribution is 2.33. The van der Waals surface area contributed by atoms with Gasteiger partial charge in [0.2, 0.25) is 17.4 Å². The maximum atomic E-state index is 14.3. The molecule has 0 fully saturated rings. The van der Waals surface area contributed by atoms with Crippen molar-refractivity contribution < 1.29 is 40.2 Å². The molecule has 1 unspecified atom stereocenters. The number of nitrogens with two attached hydrogens (primary N) is 1.